The summed E-state index contributed by atoms with van der Waals surface area (Å²) in [6, 6.07) is 15.0. The molecule has 0 aliphatic carbocycles. The molecule has 0 bridgehead atoms. The Bertz CT molecular complexity index is 871. The fourth-order valence-electron chi connectivity index (χ4n) is 2.40. The van der Waals surface area contributed by atoms with E-state index in [9.17, 15) is 9.18 Å². The van der Waals surface area contributed by atoms with Crippen LogP contribution in [0.3, 0.4) is 0 Å². The number of halogens is 1. The molecule has 0 unspecified atom stereocenters. The average molecular weight is 296 g/mol. The summed E-state index contributed by atoms with van der Waals surface area (Å²) in [6.07, 6.45) is 0. The van der Waals surface area contributed by atoms with Crippen molar-refractivity contribution >= 4 is 16.7 Å². The monoisotopic (exact) mass is 296 g/mol. The molecule has 0 radical (unpaired) electrons. The Hall–Kier alpha value is -2.88. The van der Waals surface area contributed by atoms with Crippen LogP contribution in [-0.4, -0.2) is 18.2 Å². The van der Waals surface area contributed by atoms with Gasteiger partial charge in [-0.3, -0.25) is 0 Å². The maximum Gasteiger partial charge on any atom is 0.335 e. The Kier molecular flexibility index (Phi) is 3.51. The summed E-state index contributed by atoms with van der Waals surface area (Å²) >= 11 is 0. The number of benzene rings is 3. The van der Waals surface area contributed by atoms with Crippen molar-refractivity contribution < 1.29 is 19.0 Å². The third kappa shape index (κ3) is 2.51. The lowest BCUT2D eigenvalue weighted by Crippen LogP contribution is -1.95. The molecule has 3 rings (SSSR count). The highest BCUT2D eigenvalue weighted by molar-refractivity contribution is 5.95. The van der Waals surface area contributed by atoms with E-state index in [0.717, 1.165) is 16.3 Å². The van der Waals surface area contributed by atoms with Gasteiger partial charge in [0.25, 0.3) is 0 Å². The minimum Gasteiger partial charge on any atom is -0.497 e. The Morgan fingerprint density at radius 1 is 1.00 bits per heavy atom. The molecular formula is C18H13FO3. The molecule has 4 heteroatoms. The maximum atomic E-state index is 14.1. The van der Waals surface area contributed by atoms with Gasteiger partial charge in [0.05, 0.1) is 12.7 Å². The summed E-state index contributed by atoms with van der Waals surface area (Å²) in [5.41, 5.74) is 1.44. The van der Waals surface area contributed by atoms with Crippen molar-refractivity contribution in [2.24, 2.45) is 0 Å². The first kappa shape index (κ1) is 14.1. The van der Waals surface area contributed by atoms with Crippen LogP contribution in [0.25, 0.3) is 21.9 Å². The Labute approximate surface area is 126 Å². The van der Waals surface area contributed by atoms with Gasteiger partial charge in [-0.15, -0.1) is 0 Å². The van der Waals surface area contributed by atoms with Crippen LogP contribution in [0.1, 0.15) is 10.4 Å². The molecule has 0 aromatic heterocycles. The molecular weight excluding hydrogens is 283 g/mol. The second-order valence-electron chi connectivity index (χ2n) is 4.93. The fraction of sp³-hybridized carbons (Fsp3) is 0.0556. The minimum absolute atomic E-state index is 0.232. The van der Waals surface area contributed by atoms with Crippen LogP contribution in [0.15, 0.2) is 54.6 Å². The van der Waals surface area contributed by atoms with Gasteiger partial charge in [-0.25, -0.2) is 9.18 Å². The zero-order valence-corrected chi connectivity index (χ0v) is 11.8. The lowest BCUT2D eigenvalue weighted by molar-refractivity contribution is 0.0697. The molecule has 0 aliphatic rings. The lowest BCUT2D eigenvalue weighted by Gasteiger charge is -2.08. The number of hydrogen-bond donors (Lipinski definition) is 1. The molecule has 3 aromatic rings. The average Bonchev–Trinajstić information content (AvgIpc) is 2.53. The highest BCUT2D eigenvalue weighted by atomic mass is 19.1. The number of hydrogen-bond acceptors (Lipinski definition) is 2. The number of ether oxygens (including phenoxy) is 1. The topological polar surface area (TPSA) is 46.5 Å². The zero-order valence-electron chi connectivity index (χ0n) is 11.8. The Morgan fingerprint density at radius 2 is 1.73 bits per heavy atom. The van der Waals surface area contributed by atoms with Crippen LogP contribution in [0.2, 0.25) is 0 Å². The smallest absolute Gasteiger partial charge is 0.335 e. The van der Waals surface area contributed by atoms with E-state index in [2.05, 4.69) is 0 Å². The van der Waals surface area contributed by atoms with Gasteiger partial charge < -0.3 is 9.84 Å². The second kappa shape index (κ2) is 5.48. The summed E-state index contributed by atoms with van der Waals surface area (Å²) in [5, 5.41) is 10.7. The van der Waals surface area contributed by atoms with Gasteiger partial charge in [-0.05, 0) is 46.7 Å². The molecule has 110 valence electrons. The van der Waals surface area contributed by atoms with Crippen molar-refractivity contribution in [1.82, 2.24) is 0 Å². The predicted molar refractivity (Wildman–Crippen MR) is 82.9 cm³/mol. The van der Waals surface area contributed by atoms with Gasteiger partial charge in [-0.2, -0.15) is 0 Å². The normalized spacial score (nSPS) is 10.6. The van der Waals surface area contributed by atoms with E-state index >= 15 is 0 Å². The van der Waals surface area contributed by atoms with Gasteiger partial charge in [0, 0.05) is 11.6 Å². The third-order valence-corrected chi connectivity index (χ3v) is 3.57. The summed E-state index contributed by atoms with van der Waals surface area (Å²) in [4.78, 5) is 11.0. The van der Waals surface area contributed by atoms with E-state index in [-0.39, 0.29) is 11.4 Å². The zero-order chi connectivity index (χ0) is 15.7. The number of carboxylic acid groups (broad SMARTS) is 1. The highest BCUT2D eigenvalue weighted by Gasteiger charge is 2.09. The number of fused-ring (bicyclic) bond motifs is 1. The molecule has 0 spiro atoms. The van der Waals surface area contributed by atoms with E-state index in [0.29, 0.717) is 11.3 Å². The van der Waals surface area contributed by atoms with Crippen molar-refractivity contribution in [3.63, 3.8) is 0 Å². The SMILES string of the molecule is COc1ccc(-c2ccc3cc(C(=O)O)ccc3c2)c(F)c1. The first-order valence-electron chi connectivity index (χ1n) is 6.69. The Balaban J connectivity index is 2.09. The molecule has 0 saturated carbocycles. The van der Waals surface area contributed by atoms with Crippen LogP contribution in [0, 0.1) is 5.82 Å². The van der Waals surface area contributed by atoms with E-state index in [1.54, 1.807) is 42.5 Å². The van der Waals surface area contributed by atoms with Crippen LogP contribution in [0.4, 0.5) is 4.39 Å². The highest BCUT2D eigenvalue weighted by Crippen LogP contribution is 2.29. The van der Waals surface area contributed by atoms with Crippen molar-refractivity contribution in [3.05, 3.63) is 66.0 Å². The van der Waals surface area contributed by atoms with Crippen LogP contribution >= 0.6 is 0 Å². The number of aromatic carboxylic acids is 1. The van der Waals surface area contributed by atoms with Crippen LogP contribution in [0.5, 0.6) is 5.75 Å². The van der Waals surface area contributed by atoms with Gasteiger partial charge in [0.15, 0.2) is 0 Å². The lowest BCUT2D eigenvalue weighted by atomic mass is 9.99. The predicted octanol–water partition coefficient (Wildman–Crippen LogP) is 4.35. The largest absolute Gasteiger partial charge is 0.497 e. The standard InChI is InChI=1S/C18H13FO3/c1-22-15-6-7-16(17(19)10-15)13-4-2-12-9-14(18(20)21)5-3-11(12)8-13/h2-10H,1H3,(H,20,21). The molecule has 0 amide bonds. The molecule has 1 N–H and O–H groups in total. The summed E-state index contributed by atoms with van der Waals surface area (Å²) in [7, 11) is 1.49. The van der Waals surface area contributed by atoms with E-state index in [1.807, 2.05) is 6.07 Å². The third-order valence-electron chi connectivity index (χ3n) is 3.57. The number of carboxylic acids is 1. The van der Waals surface area contributed by atoms with Gasteiger partial charge in [0.2, 0.25) is 0 Å². The van der Waals surface area contributed by atoms with Crippen molar-refractivity contribution in [3.8, 4) is 16.9 Å². The fourth-order valence-corrected chi connectivity index (χ4v) is 2.40. The molecule has 0 fully saturated rings. The second-order valence-corrected chi connectivity index (χ2v) is 4.93. The number of rotatable bonds is 3. The van der Waals surface area contributed by atoms with Gasteiger partial charge in [0.1, 0.15) is 11.6 Å². The molecule has 3 aromatic carbocycles. The van der Waals surface area contributed by atoms with Gasteiger partial charge in [-0.1, -0.05) is 18.2 Å². The molecule has 0 aliphatic heterocycles. The van der Waals surface area contributed by atoms with Gasteiger partial charge >= 0.3 is 5.97 Å². The molecule has 3 nitrogen and oxygen atoms in total. The first-order valence-corrected chi connectivity index (χ1v) is 6.69. The molecule has 0 atom stereocenters. The van der Waals surface area contributed by atoms with Crippen molar-refractivity contribution in [2.45, 2.75) is 0 Å². The van der Waals surface area contributed by atoms with E-state index in [1.165, 1.54) is 13.2 Å². The quantitative estimate of drug-likeness (QED) is 0.781. The van der Waals surface area contributed by atoms with Crippen LogP contribution in [-0.2, 0) is 0 Å². The van der Waals surface area contributed by atoms with Crippen LogP contribution < -0.4 is 4.74 Å². The first-order chi connectivity index (χ1) is 10.6. The van der Waals surface area contributed by atoms with Crippen molar-refractivity contribution in [1.29, 1.82) is 0 Å². The summed E-state index contributed by atoms with van der Waals surface area (Å²) in [5.74, 6) is -0.860. The molecule has 22 heavy (non-hydrogen) atoms. The molecule has 0 heterocycles. The molecule has 0 saturated heterocycles. The summed E-state index contributed by atoms with van der Waals surface area (Å²) in [6.45, 7) is 0. The summed E-state index contributed by atoms with van der Waals surface area (Å²) < 4.78 is 19.1. The van der Waals surface area contributed by atoms with Crippen molar-refractivity contribution in [2.75, 3.05) is 7.11 Å². The number of carbonyl (C=O) groups is 1. The Morgan fingerprint density at radius 3 is 2.41 bits per heavy atom. The number of methoxy groups -OCH3 is 1. The van der Waals surface area contributed by atoms with E-state index < -0.39 is 5.97 Å². The van der Waals surface area contributed by atoms with E-state index in [4.69, 9.17) is 9.84 Å². The minimum atomic E-state index is -0.966. The maximum absolute atomic E-state index is 14.1.